The van der Waals surface area contributed by atoms with Crippen LogP contribution in [0.5, 0.6) is 0 Å². The van der Waals surface area contributed by atoms with Crippen LogP contribution in [-0.4, -0.2) is 15.0 Å². The average Bonchev–Trinajstić information content (AvgIpc) is 2.75. The summed E-state index contributed by atoms with van der Waals surface area (Å²) in [5.74, 6) is 0.305. The van der Waals surface area contributed by atoms with Crippen LogP contribution in [0.3, 0.4) is 0 Å². The molecule has 0 spiro atoms. The van der Waals surface area contributed by atoms with Crippen molar-refractivity contribution in [3.05, 3.63) is 45.2 Å². The van der Waals surface area contributed by atoms with Gasteiger partial charge in [0, 0.05) is 16.6 Å². The molecule has 1 heterocycles. The van der Waals surface area contributed by atoms with E-state index in [4.69, 9.17) is 28.9 Å². The Morgan fingerprint density at radius 1 is 1.32 bits per heavy atom. The molecule has 0 bridgehead atoms. The Labute approximate surface area is 122 Å². The van der Waals surface area contributed by atoms with Crippen molar-refractivity contribution in [2.45, 2.75) is 32.9 Å². The molecule has 4 nitrogen and oxygen atoms in total. The van der Waals surface area contributed by atoms with Crippen LogP contribution < -0.4 is 5.73 Å². The summed E-state index contributed by atoms with van der Waals surface area (Å²) in [4.78, 5) is 0. The van der Waals surface area contributed by atoms with E-state index in [1.807, 2.05) is 16.8 Å². The van der Waals surface area contributed by atoms with Crippen LogP contribution in [-0.2, 0) is 13.1 Å². The predicted octanol–water partition coefficient (Wildman–Crippen LogP) is 3.22. The van der Waals surface area contributed by atoms with Crippen molar-refractivity contribution in [1.29, 1.82) is 0 Å². The minimum atomic E-state index is 0.305. The van der Waals surface area contributed by atoms with E-state index in [-0.39, 0.29) is 0 Å². The Kier molecular flexibility index (Phi) is 4.45. The first kappa shape index (κ1) is 14.3. The maximum atomic E-state index is 6.18. The molecule has 0 amide bonds. The number of nitrogens with zero attached hydrogens (tertiary/aromatic N) is 3. The lowest BCUT2D eigenvalue weighted by atomic mass is 10.1. The fourth-order valence-electron chi connectivity index (χ4n) is 2.06. The second-order valence-corrected chi connectivity index (χ2v) is 5.52. The third-order valence-electron chi connectivity index (χ3n) is 2.92. The van der Waals surface area contributed by atoms with Crippen LogP contribution in [0.25, 0.3) is 0 Å². The number of rotatable bonds is 4. The van der Waals surface area contributed by atoms with E-state index in [1.54, 1.807) is 6.07 Å². The lowest BCUT2D eigenvalue weighted by Gasteiger charge is -2.11. The zero-order chi connectivity index (χ0) is 14.0. The highest BCUT2D eigenvalue weighted by Crippen LogP contribution is 2.24. The summed E-state index contributed by atoms with van der Waals surface area (Å²) in [6.45, 7) is 5.15. The molecular formula is C13H16Cl2N4. The number of hydrogen-bond acceptors (Lipinski definition) is 3. The molecule has 0 fully saturated rings. The molecule has 2 rings (SSSR count). The van der Waals surface area contributed by atoms with Gasteiger partial charge in [0.05, 0.1) is 17.9 Å². The number of halogens is 2. The Balaban J connectivity index is 2.35. The Hall–Kier alpha value is -1.10. The molecule has 0 atom stereocenters. The van der Waals surface area contributed by atoms with Crippen LogP contribution in [0, 0.1) is 0 Å². The van der Waals surface area contributed by atoms with E-state index in [1.165, 1.54) is 0 Å². The standard InChI is InChI=1S/C13H16Cl2N4/c1-8(2)13-12(6-16)17-18-19(13)7-9-3-4-10(14)5-11(9)15/h3-5,8H,6-7,16H2,1-2H3. The van der Waals surface area contributed by atoms with Crippen molar-refractivity contribution in [2.75, 3.05) is 0 Å². The zero-order valence-corrected chi connectivity index (χ0v) is 12.4. The van der Waals surface area contributed by atoms with E-state index >= 15 is 0 Å². The summed E-state index contributed by atoms with van der Waals surface area (Å²) >= 11 is 12.1. The normalized spacial score (nSPS) is 11.3. The highest BCUT2D eigenvalue weighted by Gasteiger charge is 2.16. The maximum Gasteiger partial charge on any atom is 0.0997 e. The number of benzene rings is 1. The lowest BCUT2D eigenvalue weighted by Crippen LogP contribution is -2.10. The van der Waals surface area contributed by atoms with E-state index < -0.39 is 0 Å². The van der Waals surface area contributed by atoms with Gasteiger partial charge < -0.3 is 5.73 Å². The van der Waals surface area contributed by atoms with Crippen LogP contribution in [0.15, 0.2) is 18.2 Å². The summed E-state index contributed by atoms with van der Waals surface area (Å²) in [7, 11) is 0. The number of hydrogen-bond donors (Lipinski definition) is 1. The van der Waals surface area contributed by atoms with Gasteiger partial charge in [-0.15, -0.1) is 5.10 Å². The molecule has 2 N–H and O–H groups in total. The molecule has 102 valence electrons. The maximum absolute atomic E-state index is 6.18. The van der Waals surface area contributed by atoms with Crippen LogP contribution in [0.1, 0.15) is 36.7 Å². The lowest BCUT2D eigenvalue weighted by molar-refractivity contribution is 0.597. The van der Waals surface area contributed by atoms with Gasteiger partial charge in [-0.25, -0.2) is 4.68 Å². The minimum absolute atomic E-state index is 0.305. The van der Waals surface area contributed by atoms with Crippen molar-refractivity contribution < 1.29 is 0 Å². The van der Waals surface area contributed by atoms with Crippen molar-refractivity contribution >= 4 is 23.2 Å². The Morgan fingerprint density at radius 3 is 2.63 bits per heavy atom. The molecule has 0 saturated carbocycles. The number of aromatic nitrogens is 3. The third-order valence-corrected chi connectivity index (χ3v) is 3.51. The van der Waals surface area contributed by atoms with Crippen LogP contribution in [0.2, 0.25) is 10.0 Å². The quantitative estimate of drug-likeness (QED) is 0.943. The smallest absolute Gasteiger partial charge is 0.0997 e. The first-order chi connectivity index (χ1) is 9.02. The van der Waals surface area contributed by atoms with Gasteiger partial charge in [0.1, 0.15) is 0 Å². The molecule has 0 saturated heterocycles. The largest absolute Gasteiger partial charge is 0.325 e. The fraction of sp³-hybridized carbons (Fsp3) is 0.385. The van der Waals surface area contributed by atoms with Gasteiger partial charge in [0.25, 0.3) is 0 Å². The molecule has 0 aliphatic heterocycles. The second kappa shape index (κ2) is 5.90. The van der Waals surface area contributed by atoms with E-state index in [9.17, 15) is 0 Å². The van der Waals surface area contributed by atoms with Gasteiger partial charge in [-0.05, 0) is 23.6 Å². The molecule has 2 aromatic rings. The summed E-state index contributed by atoms with van der Waals surface area (Å²) in [6, 6.07) is 5.45. The molecule has 0 radical (unpaired) electrons. The van der Waals surface area contributed by atoms with Crippen LogP contribution >= 0.6 is 23.2 Å². The molecule has 1 aromatic heterocycles. The highest BCUT2D eigenvalue weighted by molar-refractivity contribution is 6.35. The fourth-order valence-corrected chi connectivity index (χ4v) is 2.53. The molecule has 0 unspecified atom stereocenters. The molecule has 6 heteroatoms. The summed E-state index contributed by atoms with van der Waals surface area (Å²) < 4.78 is 1.85. The molecular weight excluding hydrogens is 283 g/mol. The van der Waals surface area contributed by atoms with Crippen molar-refractivity contribution in [2.24, 2.45) is 5.73 Å². The van der Waals surface area contributed by atoms with Gasteiger partial charge in [-0.3, -0.25) is 0 Å². The van der Waals surface area contributed by atoms with Crippen molar-refractivity contribution in [1.82, 2.24) is 15.0 Å². The molecule has 19 heavy (non-hydrogen) atoms. The van der Waals surface area contributed by atoms with E-state index in [0.29, 0.717) is 29.1 Å². The molecule has 0 aliphatic rings. The molecule has 0 aliphatic carbocycles. The van der Waals surface area contributed by atoms with Gasteiger partial charge >= 0.3 is 0 Å². The predicted molar refractivity (Wildman–Crippen MR) is 77.6 cm³/mol. The third kappa shape index (κ3) is 3.08. The first-order valence-electron chi connectivity index (χ1n) is 6.09. The minimum Gasteiger partial charge on any atom is -0.325 e. The van der Waals surface area contributed by atoms with Gasteiger partial charge in [0.15, 0.2) is 0 Å². The topological polar surface area (TPSA) is 56.7 Å². The summed E-state index contributed by atoms with van der Waals surface area (Å²) in [5, 5.41) is 9.54. The van der Waals surface area contributed by atoms with Gasteiger partial charge in [0.2, 0.25) is 0 Å². The van der Waals surface area contributed by atoms with E-state index in [0.717, 1.165) is 17.0 Å². The summed E-state index contributed by atoms with van der Waals surface area (Å²) in [5.41, 5.74) is 8.53. The SMILES string of the molecule is CC(C)c1c(CN)nnn1Cc1ccc(Cl)cc1Cl. The van der Waals surface area contributed by atoms with Gasteiger partial charge in [-0.1, -0.05) is 48.3 Å². The van der Waals surface area contributed by atoms with Crippen LogP contribution in [0.4, 0.5) is 0 Å². The first-order valence-corrected chi connectivity index (χ1v) is 6.84. The van der Waals surface area contributed by atoms with Crippen molar-refractivity contribution in [3.63, 3.8) is 0 Å². The zero-order valence-electron chi connectivity index (χ0n) is 10.9. The van der Waals surface area contributed by atoms with Crippen molar-refractivity contribution in [3.8, 4) is 0 Å². The number of nitrogens with two attached hydrogens (primary N) is 1. The summed E-state index contributed by atoms with van der Waals surface area (Å²) in [6.07, 6.45) is 0. The highest BCUT2D eigenvalue weighted by atomic mass is 35.5. The average molecular weight is 299 g/mol. The monoisotopic (exact) mass is 298 g/mol. The Morgan fingerprint density at radius 2 is 2.05 bits per heavy atom. The second-order valence-electron chi connectivity index (χ2n) is 4.67. The molecule has 1 aromatic carbocycles. The van der Waals surface area contributed by atoms with E-state index in [2.05, 4.69) is 24.2 Å². The van der Waals surface area contributed by atoms with Gasteiger partial charge in [-0.2, -0.15) is 0 Å². The Bertz CT molecular complexity index is 578.